The number of fused-ring (bicyclic) bond motifs is 3. The van der Waals surface area contributed by atoms with E-state index in [4.69, 9.17) is 14.5 Å². The molecular formula is C21H25N5O4. The molecule has 0 spiro atoms. The highest BCUT2D eigenvalue weighted by atomic mass is 16.6. The van der Waals surface area contributed by atoms with Crippen molar-refractivity contribution < 1.29 is 19.4 Å². The topological polar surface area (TPSA) is 109 Å². The molecular weight excluding hydrogens is 386 g/mol. The largest absolute Gasteiger partial charge is 0.371 e. The number of anilines is 2. The number of amides is 2. The van der Waals surface area contributed by atoms with Crippen LogP contribution in [0.4, 0.5) is 16.3 Å². The highest BCUT2D eigenvalue weighted by Crippen LogP contribution is 2.40. The number of rotatable bonds is 3. The number of aliphatic hydroxyl groups is 1. The highest BCUT2D eigenvalue weighted by Gasteiger charge is 2.41. The number of nitrogens with zero attached hydrogens (tertiary/aromatic N) is 3. The summed E-state index contributed by atoms with van der Waals surface area (Å²) in [5.74, 6) is -0.131. The number of morpholine rings is 1. The zero-order chi connectivity index (χ0) is 20.9. The van der Waals surface area contributed by atoms with Crippen LogP contribution in [0.5, 0.6) is 0 Å². The second-order valence-corrected chi connectivity index (χ2v) is 8.11. The molecule has 1 aromatic heterocycles. The molecule has 0 aliphatic carbocycles. The van der Waals surface area contributed by atoms with E-state index in [1.165, 1.54) is 0 Å². The summed E-state index contributed by atoms with van der Waals surface area (Å²) >= 11 is 0. The van der Waals surface area contributed by atoms with Gasteiger partial charge in [0.2, 0.25) is 5.79 Å². The predicted octanol–water partition coefficient (Wildman–Crippen LogP) is 1.96. The van der Waals surface area contributed by atoms with Crippen molar-refractivity contribution in [2.45, 2.75) is 44.4 Å². The van der Waals surface area contributed by atoms with Crippen LogP contribution in [0.15, 0.2) is 24.3 Å². The number of aromatic nitrogens is 2. The lowest BCUT2D eigenvalue weighted by Crippen LogP contribution is -2.43. The predicted molar refractivity (Wildman–Crippen MR) is 110 cm³/mol. The van der Waals surface area contributed by atoms with Gasteiger partial charge in [-0.3, -0.25) is 0 Å². The van der Waals surface area contributed by atoms with E-state index in [2.05, 4.69) is 20.5 Å². The first-order chi connectivity index (χ1) is 14.4. The molecule has 3 atom stereocenters. The van der Waals surface area contributed by atoms with Gasteiger partial charge in [-0.25, -0.2) is 14.8 Å². The molecule has 3 aliphatic rings. The normalized spacial score (nSPS) is 27.1. The summed E-state index contributed by atoms with van der Waals surface area (Å²) in [6.07, 6.45) is 2.57. The monoisotopic (exact) mass is 411 g/mol. The van der Waals surface area contributed by atoms with Crippen LogP contribution in [-0.4, -0.2) is 53.5 Å². The Kier molecular flexibility index (Phi) is 4.61. The van der Waals surface area contributed by atoms with E-state index in [1.54, 1.807) is 26.1 Å². The molecule has 3 N–H and O–H groups in total. The first-order valence-corrected chi connectivity index (χ1v) is 10.2. The van der Waals surface area contributed by atoms with Crippen LogP contribution in [0, 0.1) is 0 Å². The third-order valence-corrected chi connectivity index (χ3v) is 5.89. The van der Waals surface area contributed by atoms with Crippen LogP contribution < -0.4 is 15.5 Å². The van der Waals surface area contributed by atoms with E-state index in [-0.39, 0.29) is 24.8 Å². The molecule has 3 aliphatic heterocycles. The van der Waals surface area contributed by atoms with Gasteiger partial charge < -0.3 is 30.1 Å². The SMILES string of the molecule is CNC(=O)Nc1ccc(-c2nc(N3CC4CCC(C3)O4)c3c(n2)C(C)(O)OC3)cc1. The van der Waals surface area contributed by atoms with Crippen LogP contribution in [0.1, 0.15) is 31.0 Å². The summed E-state index contributed by atoms with van der Waals surface area (Å²) in [4.78, 5) is 23.3. The molecule has 9 heteroatoms. The molecule has 30 heavy (non-hydrogen) atoms. The number of benzene rings is 1. The van der Waals surface area contributed by atoms with Gasteiger partial charge in [0.05, 0.1) is 18.8 Å². The highest BCUT2D eigenvalue weighted by molar-refractivity contribution is 5.89. The standard InChI is InChI=1S/C21H25N5O4/c1-21(28)17-16(11-29-21)19(26-9-14-7-8-15(10-26)30-14)25-18(24-17)12-3-5-13(6-4-12)23-20(27)22-2/h3-6,14-15,28H,7-11H2,1-2H3,(H2,22,23,27). The number of hydrogen-bond donors (Lipinski definition) is 3. The van der Waals surface area contributed by atoms with Crippen molar-refractivity contribution in [2.75, 3.05) is 30.4 Å². The summed E-state index contributed by atoms with van der Waals surface area (Å²) in [6.45, 7) is 3.44. The van der Waals surface area contributed by atoms with E-state index < -0.39 is 5.79 Å². The maximum atomic E-state index is 11.5. The lowest BCUT2D eigenvalue weighted by atomic mass is 10.1. The van der Waals surface area contributed by atoms with Crippen molar-refractivity contribution in [3.8, 4) is 11.4 Å². The van der Waals surface area contributed by atoms with Gasteiger partial charge in [-0.15, -0.1) is 0 Å². The second kappa shape index (κ2) is 7.19. The molecule has 4 heterocycles. The minimum Gasteiger partial charge on any atom is -0.371 e. The summed E-state index contributed by atoms with van der Waals surface area (Å²) in [5, 5.41) is 16.0. The van der Waals surface area contributed by atoms with Gasteiger partial charge >= 0.3 is 6.03 Å². The summed E-state index contributed by atoms with van der Waals surface area (Å²) in [7, 11) is 1.56. The van der Waals surface area contributed by atoms with E-state index in [0.717, 1.165) is 42.9 Å². The Morgan fingerprint density at radius 3 is 2.57 bits per heavy atom. The Morgan fingerprint density at radius 2 is 1.90 bits per heavy atom. The van der Waals surface area contributed by atoms with Crippen molar-refractivity contribution in [1.82, 2.24) is 15.3 Å². The number of carbonyl (C=O) groups is 1. The average molecular weight is 411 g/mol. The number of nitrogens with one attached hydrogen (secondary N) is 2. The average Bonchev–Trinajstić information content (AvgIpc) is 3.25. The molecule has 2 saturated heterocycles. The van der Waals surface area contributed by atoms with E-state index >= 15 is 0 Å². The third-order valence-electron chi connectivity index (χ3n) is 5.89. The third kappa shape index (κ3) is 3.38. The molecule has 2 fully saturated rings. The van der Waals surface area contributed by atoms with Crippen molar-refractivity contribution >= 4 is 17.5 Å². The molecule has 2 amide bonds. The van der Waals surface area contributed by atoms with E-state index in [9.17, 15) is 9.90 Å². The Hall–Kier alpha value is -2.75. The van der Waals surface area contributed by atoms with Gasteiger partial charge in [0.25, 0.3) is 0 Å². The maximum absolute atomic E-state index is 11.5. The van der Waals surface area contributed by atoms with Crippen LogP contribution >= 0.6 is 0 Å². The fourth-order valence-electron chi connectivity index (χ4n) is 4.34. The fraction of sp³-hybridized carbons (Fsp3) is 0.476. The van der Waals surface area contributed by atoms with Crippen LogP contribution in [0.2, 0.25) is 0 Å². The summed E-state index contributed by atoms with van der Waals surface area (Å²) in [5.41, 5.74) is 2.80. The molecule has 158 valence electrons. The van der Waals surface area contributed by atoms with E-state index in [1.807, 2.05) is 12.1 Å². The zero-order valence-electron chi connectivity index (χ0n) is 17.0. The minimum absolute atomic E-state index is 0.218. The molecule has 5 rings (SSSR count). The van der Waals surface area contributed by atoms with E-state index in [0.29, 0.717) is 17.2 Å². The van der Waals surface area contributed by atoms with Gasteiger partial charge in [-0.05, 0) is 44.0 Å². The second-order valence-electron chi connectivity index (χ2n) is 8.11. The van der Waals surface area contributed by atoms with Crippen LogP contribution in [-0.2, 0) is 21.9 Å². The van der Waals surface area contributed by atoms with Gasteiger partial charge in [0.1, 0.15) is 11.5 Å². The number of hydrogen-bond acceptors (Lipinski definition) is 7. The number of urea groups is 1. The fourth-order valence-corrected chi connectivity index (χ4v) is 4.34. The minimum atomic E-state index is -1.45. The summed E-state index contributed by atoms with van der Waals surface area (Å²) in [6, 6.07) is 7.01. The molecule has 0 radical (unpaired) electrons. The van der Waals surface area contributed by atoms with Crippen LogP contribution in [0.25, 0.3) is 11.4 Å². The number of ether oxygens (including phenoxy) is 2. The quantitative estimate of drug-likeness (QED) is 0.708. The zero-order valence-corrected chi connectivity index (χ0v) is 17.0. The van der Waals surface area contributed by atoms with Crippen molar-refractivity contribution in [3.63, 3.8) is 0 Å². The molecule has 2 bridgehead atoms. The first kappa shape index (κ1) is 19.2. The van der Waals surface area contributed by atoms with Crippen molar-refractivity contribution in [2.24, 2.45) is 0 Å². The van der Waals surface area contributed by atoms with Gasteiger partial charge in [0, 0.05) is 37.0 Å². The number of carbonyl (C=O) groups excluding carboxylic acids is 1. The molecule has 9 nitrogen and oxygen atoms in total. The Bertz CT molecular complexity index is 966. The summed E-state index contributed by atoms with van der Waals surface area (Å²) < 4.78 is 11.6. The van der Waals surface area contributed by atoms with Crippen LogP contribution in [0.3, 0.4) is 0 Å². The molecule has 2 aromatic rings. The Morgan fingerprint density at radius 1 is 1.20 bits per heavy atom. The van der Waals surface area contributed by atoms with Gasteiger partial charge in [-0.2, -0.15) is 0 Å². The lowest BCUT2D eigenvalue weighted by Gasteiger charge is -2.34. The van der Waals surface area contributed by atoms with Crippen molar-refractivity contribution in [1.29, 1.82) is 0 Å². The Balaban J connectivity index is 1.52. The Labute approximate surface area is 174 Å². The molecule has 3 unspecified atom stereocenters. The molecule has 0 saturated carbocycles. The lowest BCUT2D eigenvalue weighted by molar-refractivity contribution is -0.190. The van der Waals surface area contributed by atoms with Gasteiger partial charge in [-0.1, -0.05) is 0 Å². The maximum Gasteiger partial charge on any atom is 0.318 e. The van der Waals surface area contributed by atoms with Gasteiger partial charge in [0.15, 0.2) is 5.82 Å². The first-order valence-electron chi connectivity index (χ1n) is 10.2. The van der Waals surface area contributed by atoms with Crippen molar-refractivity contribution in [3.05, 3.63) is 35.5 Å². The smallest absolute Gasteiger partial charge is 0.318 e. The molecule has 1 aromatic carbocycles.